The van der Waals surface area contributed by atoms with Gasteiger partial charge in [0.05, 0.1) is 4.92 Å². The highest BCUT2D eigenvalue weighted by molar-refractivity contribution is 7.14. The Morgan fingerprint density at radius 3 is 2.86 bits per heavy atom. The Morgan fingerprint density at radius 1 is 1.34 bits per heavy atom. The summed E-state index contributed by atoms with van der Waals surface area (Å²) >= 11 is 1.50. The van der Waals surface area contributed by atoms with Gasteiger partial charge >= 0.3 is 5.97 Å². The van der Waals surface area contributed by atoms with E-state index in [0.717, 1.165) is 19.3 Å². The van der Waals surface area contributed by atoms with Gasteiger partial charge in [-0.15, -0.1) is 21.5 Å². The van der Waals surface area contributed by atoms with E-state index in [9.17, 15) is 14.9 Å². The van der Waals surface area contributed by atoms with E-state index in [1.807, 2.05) is 6.07 Å². The molecule has 0 saturated carbocycles. The summed E-state index contributed by atoms with van der Waals surface area (Å²) in [7, 11) is 0. The van der Waals surface area contributed by atoms with Crippen LogP contribution >= 0.6 is 11.3 Å². The van der Waals surface area contributed by atoms with Gasteiger partial charge < -0.3 is 9.15 Å². The summed E-state index contributed by atoms with van der Waals surface area (Å²) in [5, 5.41) is 18.5. The molecule has 0 N–H and O–H groups in total. The first-order chi connectivity index (χ1) is 14.0. The van der Waals surface area contributed by atoms with Crippen molar-refractivity contribution < 1.29 is 18.9 Å². The number of benzene rings is 1. The lowest BCUT2D eigenvalue weighted by Crippen LogP contribution is -2.10. The number of carbonyl (C=O) groups is 1. The molecule has 1 aliphatic carbocycles. The zero-order chi connectivity index (χ0) is 20.4. The molecule has 1 atom stereocenters. The topological polar surface area (TPSA) is 108 Å². The standard InChI is InChI=1S/C20H19N3O5S/c1-2-12-3-8-16-14(9-12)10-17(29-16)20(24)27-11-18-21-22-19(28-18)13-4-6-15(7-5-13)23(25)26/h4-7,10,12H,2-3,8-9,11H2,1H3/t12-/m1/s1. The number of hydrogen-bond acceptors (Lipinski definition) is 8. The second-order valence-electron chi connectivity index (χ2n) is 6.96. The molecule has 8 nitrogen and oxygen atoms in total. The van der Waals surface area contributed by atoms with Gasteiger partial charge in [0, 0.05) is 22.6 Å². The third-order valence-corrected chi connectivity index (χ3v) is 6.30. The Kier molecular flexibility index (Phi) is 5.39. The minimum atomic E-state index is -0.479. The molecule has 0 amide bonds. The van der Waals surface area contributed by atoms with Gasteiger partial charge in [0.2, 0.25) is 5.89 Å². The largest absolute Gasteiger partial charge is 0.451 e. The third-order valence-electron chi connectivity index (χ3n) is 5.08. The Morgan fingerprint density at radius 2 is 2.14 bits per heavy atom. The van der Waals surface area contributed by atoms with E-state index in [0.29, 0.717) is 16.4 Å². The zero-order valence-electron chi connectivity index (χ0n) is 15.8. The Bertz CT molecular complexity index is 1040. The average molecular weight is 413 g/mol. The van der Waals surface area contributed by atoms with Gasteiger partial charge in [0.15, 0.2) is 6.61 Å². The molecule has 4 rings (SSSR count). The minimum Gasteiger partial charge on any atom is -0.451 e. The van der Waals surface area contributed by atoms with Crippen molar-refractivity contribution in [3.63, 3.8) is 0 Å². The number of thiophene rings is 1. The van der Waals surface area contributed by atoms with Crippen LogP contribution in [0.25, 0.3) is 11.5 Å². The number of non-ortho nitro benzene ring substituents is 1. The van der Waals surface area contributed by atoms with Crippen LogP contribution < -0.4 is 0 Å². The second-order valence-corrected chi connectivity index (χ2v) is 8.09. The maximum Gasteiger partial charge on any atom is 0.348 e. The molecule has 1 aromatic carbocycles. The molecule has 0 radical (unpaired) electrons. The predicted molar refractivity (Wildman–Crippen MR) is 106 cm³/mol. The van der Waals surface area contributed by atoms with E-state index in [4.69, 9.17) is 9.15 Å². The van der Waals surface area contributed by atoms with Gasteiger partial charge in [-0.25, -0.2) is 4.79 Å². The average Bonchev–Trinajstić information content (AvgIpc) is 3.38. The molecular formula is C20H19N3O5S. The van der Waals surface area contributed by atoms with Crippen LogP contribution in [0.5, 0.6) is 0 Å². The summed E-state index contributed by atoms with van der Waals surface area (Å²) in [5.74, 6) is 0.673. The van der Waals surface area contributed by atoms with Gasteiger partial charge in [-0.2, -0.15) is 0 Å². The molecule has 29 heavy (non-hydrogen) atoms. The fourth-order valence-corrected chi connectivity index (χ4v) is 4.50. The van der Waals surface area contributed by atoms with E-state index < -0.39 is 10.9 Å². The van der Waals surface area contributed by atoms with Crippen LogP contribution in [-0.2, 0) is 24.2 Å². The van der Waals surface area contributed by atoms with E-state index in [1.165, 1.54) is 52.5 Å². The predicted octanol–water partition coefficient (Wildman–Crippen LogP) is 4.58. The van der Waals surface area contributed by atoms with Gasteiger partial charge in [-0.3, -0.25) is 10.1 Å². The highest BCUT2D eigenvalue weighted by atomic mass is 32.1. The maximum absolute atomic E-state index is 12.4. The van der Waals surface area contributed by atoms with Crippen molar-refractivity contribution in [3.8, 4) is 11.5 Å². The van der Waals surface area contributed by atoms with E-state index in [2.05, 4.69) is 17.1 Å². The number of esters is 1. The van der Waals surface area contributed by atoms with Crippen LogP contribution in [0.4, 0.5) is 5.69 Å². The molecule has 0 aliphatic heterocycles. The SMILES string of the molecule is CC[C@@H]1CCc2sc(C(=O)OCc3nnc(-c4ccc([N+](=O)[O-])cc4)o3)cc2C1. The lowest BCUT2D eigenvalue weighted by molar-refractivity contribution is -0.384. The van der Waals surface area contributed by atoms with Crippen molar-refractivity contribution in [1.82, 2.24) is 10.2 Å². The lowest BCUT2D eigenvalue weighted by atomic mass is 9.87. The molecule has 9 heteroatoms. The number of rotatable bonds is 6. The summed E-state index contributed by atoms with van der Waals surface area (Å²) in [6.07, 6.45) is 4.38. The van der Waals surface area contributed by atoms with Crippen LogP contribution in [0.3, 0.4) is 0 Å². The van der Waals surface area contributed by atoms with Crippen LogP contribution in [0, 0.1) is 16.0 Å². The van der Waals surface area contributed by atoms with E-state index in [1.54, 1.807) is 0 Å². The van der Waals surface area contributed by atoms with Gasteiger partial charge in [0.1, 0.15) is 4.88 Å². The van der Waals surface area contributed by atoms with Crippen LogP contribution in [0.2, 0.25) is 0 Å². The number of hydrogen-bond donors (Lipinski definition) is 0. The Labute approximate surface area is 170 Å². The fourth-order valence-electron chi connectivity index (χ4n) is 3.40. The Balaban J connectivity index is 1.38. The number of nitrogens with zero attached hydrogens (tertiary/aromatic N) is 3. The van der Waals surface area contributed by atoms with Gasteiger partial charge in [0.25, 0.3) is 11.6 Å². The van der Waals surface area contributed by atoms with Gasteiger partial charge in [-0.1, -0.05) is 13.3 Å². The number of aryl methyl sites for hydroxylation is 1. The highest BCUT2D eigenvalue weighted by Gasteiger charge is 2.23. The molecule has 0 bridgehead atoms. The number of aromatic nitrogens is 2. The molecule has 2 heterocycles. The van der Waals surface area contributed by atoms with Crippen molar-refractivity contribution in [2.45, 2.75) is 39.2 Å². The number of carbonyl (C=O) groups excluding carboxylic acids is 1. The van der Waals surface area contributed by atoms with Crippen LogP contribution in [0.15, 0.2) is 34.7 Å². The summed E-state index contributed by atoms with van der Waals surface area (Å²) < 4.78 is 10.8. The maximum atomic E-state index is 12.4. The molecule has 0 unspecified atom stereocenters. The smallest absolute Gasteiger partial charge is 0.348 e. The first-order valence-corrected chi connectivity index (χ1v) is 10.2. The number of nitro groups is 1. The monoisotopic (exact) mass is 413 g/mol. The Hall–Kier alpha value is -3.07. The van der Waals surface area contributed by atoms with Crippen LogP contribution in [-0.4, -0.2) is 21.1 Å². The molecule has 3 aromatic rings. The quantitative estimate of drug-likeness (QED) is 0.331. The normalized spacial score (nSPS) is 15.7. The molecule has 2 aromatic heterocycles. The van der Waals surface area contributed by atoms with Crippen molar-refractivity contribution in [3.05, 3.63) is 61.7 Å². The second kappa shape index (κ2) is 8.12. The first-order valence-electron chi connectivity index (χ1n) is 9.39. The lowest BCUT2D eigenvalue weighted by Gasteiger charge is -2.19. The molecule has 0 spiro atoms. The summed E-state index contributed by atoms with van der Waals surface area (Å²) in [6, 6.07) is 7.73. The van der Waals surface area contributed by atoms with E-state index >= 15 is 0 Å². The van der Waals surface area contributed by atoms with Crippen molar-refractivity contribution >= 4 is 23.0 Å². The first kappa shape index (κ1) is 19.3. The zero-order valence-corrected chi connectivity index (χ0v) is 16.6. The summed E-state index contributed by atoms with van der Waals surface area (Å²) in [6.45, 7) is 2.07. The highest BCUT2D eigenvalue weighted by Crippen LogP contribution is 2.34. The van der Waals surface area contributed by atoms with Crippen molar-refractivity contribution in [2.75, 3.05) is 0 Å². The fraction of sp³-hybridized carbons (Fsp3) is 0.350. The minimum absolute atomic E-state index is 0.0219. The number of ether oxygens (including phenoxy) is 1. The summed E-state index contributed by atoms with van der Waals surface area (Å²) in [4.78, 5) is 24.5. The van der Waals surface area contributed by atoms with Gasteiger partial charge in [-0.05, 0) is 48.9 Å². The van der Waals surface area contributed by atoms with Crippen molar-refractivity contribution in [2.24, 2.45) is 5.92 Å². The third kappa shape index (κ3) is 4.19. The molecule has 0 saturated heterocycles. The molecular weight excluding hydrogens is 394 g/mol. The van der Waals surface area contributed by atoms with Crippen molar-refractivity contribution in [1.29, 1.82) is 0 Å². The van der Waals surface area contributed by atoms with E-state index in [-0.39, 0.29) is 24.1 Å². The van der Waals surface area contributed by atoms with Crippen LogP contribution in [0.1, 0.15) is 45.8 Å². The number of nitro benzene ring substituents is 1. The molecule has 150 valence electrons. The number of fused-ring (bicyclic) bond motifs is 1. The molecule has 1 aliphatic rings. The summed E-state index contributed by atoms with van der Waals surface area (Å²) in [5.41, 5.74) is 1.79. The molecule has 0 fully saturated rings.